The zero-order chi connectivity index (χ0) is 13.2. The van der Waals surface area contributed by atoms with Gasteiger partial charge in [-0.3, -0.25) is 9.59 Å². The van der Waals surface area contributed by atoms with Crippen LogP contribution in [0.1, 0.15) is 20.8 Å². The lowest BCUT2D eigenvalue weighted by molar-refractivity contribution is -0.134. The Kier molecular flexibility index (Phi) is 4.11. The van der Waals surface area contributed by atoms with Crippen LogP contribution in [0.3, 0.4) is 0 Å². The molecule has 1 saturated heterocycles. The fraction of sp³-hybridized carbons (Fsp3) is 0.818. The third-order valence-electron chi connectivity index (χ3n) is 2.69. The van der Waals surface area contributed by atoms with Crippen LogP contribution in [0.25, 0.3) is 0 Å². The number of hydrogen-bond donors (Lipinski definition) is 3. The number of hydrogen-bond acceptors (Lipinski definition) is 4. The van der Waals surface area contributed by atoms with Crippen LogP contribution in [0.15, 0.2) is 0 Å². The average molecular weight is 244 g/mol. The van der Waals surface area contributed by atoms with Crippen molar-refractivity contribution < 1.29 is 19.8 Å². The Labute approximate surface area is 101 Å². The average Bonchev–Trinajstić information content (AvgIpc) is 2.54. The van der Waals surface area contributed by atoms with Gasteiger partial charge in [-0.15, -0.1) is 0 Å². The van der Waals surface area contributed by atoms with E-state index >= 15 is 0 Å². The number of carbonyl (C=O) groups excluding carboxylic acids is 2. The first-order valence-corrected chi connectivity index (χ1v) is 5.64. The molecule has 1 rings (SSSR count). The van der Waals surface area contributed by atoms with E-state index in [1.165, 1.54) is 4.90 Å². The van der Waals surface area contributed by atoms with E-state index < -0.39 is 17.6 Å². The number of nitrogens with zero attached hydrogens (tertiary/aromatic N) is 1. The zero-order valence-electron chi connectivity index (χ0n) is 10.4. The molecule has 0 bridgehead atoms. The molecule has 2 amide bonds. The Morgan fingerprint density at radius 3 is 2.12 bits per heavy atom. The summed E-state index contributed by atoms with van der Waals surface area (Å²) in [5.74, 6) is -0.496. The normalized spacial score (nSPS) is 24.9. The van der Waals surface area contributed by atoms with E-state index in [-0.39, 0.29) is 31.4 Å². The van der Waals surface area contributed by atoms with Crippen molar-refractivity contribution in [2.24, 2.45) is 5.41 Å². The van der Waals surface area contributed by atoms with E-state index in [1.807, 2.05) is 0 Å². The highest BCUT2D eigenvalue weighted by atomic mass is 16.3. The van der Waals surface area contributed by atoms with Crippen LogP contribution in [-0.4, -0.2) is 58.8 Å². The molecule has 0 saturated carbocycles. The molecule has 1 heterocycles. The predicted octanol–water partition coefficient (Wildman–Crippen LogP) is -1.29. The molecule has 6 nitrogen and oxygen atoms in total. The lowest BCUT2D eigenvalue weighted by atomic mass is 9.96. The number of carbonyl (C=O) groups is 2. The molecule has 1 aliphatic rings. The summed E-state index contributed by atoms with van der Waals surface area (Å²) >= 11 is 0. The van der Waals surface area contributed by atoms with Gasteiger partial charge in [0.05, 0.1) is 18.8 Å². The van der Waals surface area contributed by atoms with Gasteiger partial charge in [-0.1, -0.05) is 20.8 Å². The number of β-amino-alcohol motifs (C(OH)–C–C–N with tert-alkyl or cyclic N) is 2. The van der Waals surface area contributed by atoms with E-state index in [4.69, 9.17) is 0 Å². The third-order valence-corrected chi connectivity index (χ3v) is 2.69. The number of amides is 2. The Balaban J connectivity index is 2.39. The molecular formula is C11H20N2O4. The molecule has 2 atom stereocenters. The minimum absolute atomic E-state index is 0.102. The molecule has 0 spiro atoms. The molecule has 1 aliphatic heterocycles. The monoisotopic (exact) mass is 244 g/mol. The first-order chi connectivity index (χ1) is 7.71. The van der Waals surface area contributed by atoms with Crippen molar-refractivity contribution in [2.75, 3.05) is 19.6 Å². The standard InChI is InChI=1S/C11H20N2O4/c1-11(2,3)10(17)12-4-9(16)13-5-7(14)8(15)6-13/h7-8,14-15H,4-6H2,1-3H3,(H,12,17)/t7-,8+. The molecular weight excluding hydrogens is 224 g/mol. The third kappa shape index (κ3) is 3.67. The van der Waals surface area contributed by atoms with Crippen molar-refractivity contribution in [3.05, 3.63) is 0 Å². The van der Waals surface area contributed by atoms with E-state index in [0.717, 1.165) is 0 Å². The summed E-state index contributed by atoms with van der Waals surface area (Å²) < 4.78 is 0. The molecule has 0 aromatic heterocycles. The number of likely N-dealkylation sites (tertiary alicyclic amines) is 1. The number of aliphatic hydroxyl groups is 2. The van der Waals surface area contributed by atoms with Gasteiger partial charge in [-0.05, 0) is 0 Å². The Hall–Kier alpha value is -1.14. The lowest BCUT2D eigenvalue weighted by Gasteiger charge is -2.20. The van der Waals surface area contributed by atoms with E-state index in [2.05, 4.69) is 5.32 Å². The summed E-state index contributed by atoms with van der Waals surface area (Å²) in [6, 6.07) is 0. The second kappa shape index (κ2) is 5.01. The molecule has 0 unspecified atom stereocenters. The van der Waals surface area contributed by atoms with Gasteiger partial charge in [0.25, 0.3) is 0 Å². The Morgan fingerprint density at radius 2 is 1.71 bits per heavy atom. The molecule has 0 aromatic carbocycles. The van der Waals surface area contributed by atoms with Gasteiger partial charge in [0, 0.05) is 18.5 Å². The second-order valence-electron chi connectivity index (χ2n) is 5.37. The van der Waals surface area contributed by atoms with Gasteiger partial charge in [0.15, 0.2) is 0 Å². The highest BCUT2D eigenvalue weighted by Crippen LogP contribution is 2.13. The second-order valence-corrected chi connectivity index (χ2v) is 5.37. The molecule has 1 fully saturated rings. The van der Waals surface area contributed by atoms with E-state index in [1.54, 1.807) is 20.8 Å². The highest BCUT2D eigenvalue weighted by Gasteiger charge is 2.32. The molecule has 17 heavy (non-hydrogen) atoms. The van der Waals surface area contributed by atoms with E-state index in [9.17, 15) is 19.8 Å². The molecule has 0 aliphatic carbocycles. The summed E-state index contributed by atoms with van der Waals surface area (Å²) in [6.45, 7) is 5.41. The fourth-order valence-electron chi connectivity index (χ4n) is 1.51. The van der Waals surface area contributed by atoms with Crippen molar-refractivity contribution in [3.63, 3.8) is 0 Å². The van der Waals surface area contributed by atoms with Crippen molar-refractivity contribution >= 4 is 11.8 Å². The van der Waals surface area contributed by atoms with Crippen LogP contribution in [0, 0.1) is 5.41 Å². The first-order valence-electron chi connectivity index (χ1n) is 5.64. The summed E-state index contributed by atoms with van der Waals surface area (Å²) in [7, 11) is 0. The van der Waals surface area contributed by atoms with Crippen LogP contribution >= 0.6 is 0 Å². The van der Waals surface area contributed by atoms with Gasteiger partial charge >= 0.3 is 0 Å². The molecule has 0 aromatic rings. The SMILES string of the molecule is CC(C)(C)C(=O)NCC(=O)N1C[C@@H](O)[C@@H](O)C1. The summed E-state index contributed by atoms with van der Waals surface area (Å²) in [6.07, 6.45) is -1.78. The Bertz CT molecular complexity index is 301. The largest absolute Gasteiger partial charge is 0.388 e. The fourth-order valence-corrected chi connectivity index (χ4v) is 1.51. The smallest absolute Gasteiger partial charge is 0.242 e. The van der Waals surface area contributed by atoms with Crippen LogP contribution in [-0.2, 0) is 9.59 Å². The zero-order valence-corrected chi connectivity index (χ0v) is 10.4. The molecule has 3 N–H and O–H groups in total. The first kappa shape index (κ1) is 13.9. The van der Waals surface area contributed by atoms with Gasteiger partial charge in [-0.2, -0.15) is 0 Å². The van der Waals surface area contributed by atoms with Crippen molar-refractivity contribution in [2.45, 2.75) is 33.0 Å². The maximum atomic E-state index is 11.7. The van der Waals surface area contributed by atoms with Crippen LogP contribution in [0.2, 0.25) is 0 Å². The maximum Gasteiger partial charge on any atom is 0.242 e. The molecule has 6 heteroatoms. The number of aliphatic hydroxyl groups excluding tert-OH is 2. The van der Waals surface area contributed by atoms with Crippen LogP contribution in [0.5, 0.6) is 0 Å². The Morgan fingerprint density at radius 1 is 1.24 bits per heavy atom. The minimum Gasteiger partial charge on any atom is -0.388 e. The van der Waals surface area contributed by atoms with Crippen molar-refractivity contribution in [3.8, 4) is 0 Å². The van der Waals surface area contributed by atoms with Gasteiger partial charge in [-0.25, -0.2) is 0 Å². The summed E-state index contributed by atoms with van der Waals surface area (Å²) in [5.41, 5.74) is -0.537. The van der Waals surface area contributed by atoms with Crippen molar-refractivity contribution in [1.82, 2.24) is 10.2 Å². The quantitative estimate of drug-likeness (QED) is 0.564. The van der Waals surface area contributed by atoms with E-state index in [0.29, 0.717) is 0 Å². The lowest BCUT2D eigenvalue weighted by Crippen LogP contribution is -2.43. The topological polar surface area (TPSA) is 89.9 Å². The molecule has 98 valence electrons. The predicted molar refractivity (Wildman–Crippen MR) is 61.1 cm³/mol. The summed E-state index contributed by atoms with van der Waals surface area (Å²) in [5, 5.41) is 21.1. The minimum atomic E-state index is -0.891. The number of nitrogens with one attached hydrogen (secondary N) is 1. The summed E-state index contributed by atoms with van der Waals surface area (Å²) in [4.78, 5) is 24.5. The van der Waals surface area contributed by atoms with Gasteiger partial charge in [0.1, 0.15) is 0 Å². The van der Waals surface area contributed by atoms with Gasteiger partial charge in [0.2, 0.25) is 11.8 Å². The van der Waals surface area contributed by atoms with Crippen molar-refractivity contribution in [1.29, 1.82) is 0 Å². The highest BCUT2D eigenvalue weighted by molar-refractivity contribution is 5.87. The maximum absolute atomic E-state index is 11.7. The van der Waals surface area contributed by atoms with Crippen LogP contribution < -0.4 is 5.32 Å². The van der Waals surface area contributed by atoms with Gasteiger partial charge < -0.3 is 20.4 Å². The van der Waals surface area contributed by atoms with Crippen LogP contribution in [0.4, 0.5) is 0 Å². The number of rotatable bonds is 2. The molecule has 0 radical (unpaired) electrons.